The summed E-state index contributed by atoms with van der Waals surface area (Å²) in [5.74, 6) is -0.501. The molecule has 2 N–H and O–H groups in total. The Morgan fingerprint density at radius 1 is 1.03 bits per heavy atom. The fourth-order valence-corrected chi connectivity index (χ4v) is 5.60. The Labute approximate surface area is 176 Å². The molecule has 0 radical (unpaired) electrons. The molecule has 2 aromatic rings. The summed E-state index contributed by atoms with van der Waals surface area (Å²) >= 11 is 0. The highest BCUT2D eigenvalue weighted by molar-refractivity contribution is 7.89. The Hall–Kier alpha value is -2.55. The Bertz CT molecular complexity index is 1070. The number of nitrogens with one attached hydrogen (secondary N) is 2. The number of fused-ring (bicyclic) bond motifs is 1. The lowest BCUT2D eigenvalue weighted by Crippen LogP contribution is -2.42. The maximum absolute atomic E-state index is 12.9. The second kappa shape index (κ2) is 7.94. The van der Waals surface area contributed by atoms with E-state index in [0.717, 1.165) is 30.8 Å². The molecule has 2 aliphatic rings. The second-order valence-electron chi connectivity index (χ2n) is 7.94. The van der Waals surface area contributed by atoms with E-state index in [9.17, 15) is 18.0 Å². The zero-order valence-electron chi connectivity index (χ0n) is 17.0. The topological polar surface area (TPSA) is 95.6 Å². The summed E-state index contributed by atoms with van der Waals surface area (Å²) in [6.45, 7) is 5.39. The van der Waals surface area contributed by atoms with Gasteiger partial charge in [-0.15, -0.1) is 0 Å². The normalized spacial score (nSPS) is 18.5. The lowest BCUT2D eigenvalue weighted by Gasteiger charge is -2.28. The highest BCUT2D eigenvalue weighted by Gasteiger charge is 2.37. The van der Waals surface area contributed by atoms with E-state index in [4.69, 9.17) is 0 Å². The van der Waals surface area contributed by atoms with Gasteiger partial charge in [0, 0.05) is 6.04 Å². The molecule has 0 aromatic heterocycles. The van der Waals surface area contributed by atoms with Crippen molar-refractivity contribution in [1.82, 2.24) is 10.0 Å². The minimum Gasteiger partial charge on any atom is -0.317 e. The molecule has 1 fully saturated rings. The fourth-order valence-electron chi connectivity index (χ4n) is 4.21. The molecular weight excluding hydrogens is 402 g/mol. The average Bonchev–Trinajstić information content (AvgIpc) is 2.99. The number of sulfonamides is 1. The van der Waals surface area contributed by atoms with Gasteiger partial charge in [-0.3, -0.25) is 9.59 Å². The molecule has 7 nitrogen and oxygen atoms in total. The molecule has 0 spiro atoms. The summed E-state index contributed by atoms with van der Waals surface area (Å²) < 4.78 is 28.6. The summed E-state index contributed by atoms with van der Waals surface area (Å²) in [5.41, 5.74) is 1.65. The van der Waals surface area contributed by atoms with Crippen molar-refractivity contribution in [1.29, 1.82) is 0 Å². The van der Waals surface area contributed by atoms with Crippen LogP contribution in [0.4, 0.5) is 5.69 Å². The molecule has 2 heterocycles. The van der Waals surface area contributed by atoms with Gasteiger partial charge in [-0.2, -0.15) is 0 Å². The van der Waals surface area contributed by atoms with Crippen LogP contribution in [0.5, 0.6) is 0 Å². The summed E-state index contributed by atoms with van der Waals surface area (Å²) in [4.78, 5) is 26.7. The van der Waals surface area contributed by atoms with Gasteiger partial charge in [-0.25, -0.2) is 18.0 Å². The van der Waals surface area contributed by atoms with Crippen LogP contribution in [0.1, 0.15) is 46.0 Å². The van der Waals surface area contributed by atoms with Crippen LogP contribution in [0.3, 0.4) is 0 Å². The number of piperidine rings is 1. The summed E-state index contributed by atoms with van der Waals surface area (Å²) in [6.07, 6.45) is 1.86. The van der Waals surface area contributed by atoms with Gasteiger partial charge >= 0.3 is 0 Å². The van der Waals surface area contributed by atoms with E-state index in [0.29, 0.717) is 28.3 Å². The third-order valence-electron chi connectivity index (χ3n) is 5.95. The zero-order chi connectivity index (χ0) is 21.5. The van der Waals surface area contributed by atoms with Crippen molar-refractivity contribution < 1.29 is 18.0 Å². The fraction of sp³-hybridized carbons (Fsp3) is 0.364. The monoisotopic (exact) mass is 427 g/mol. The quantitative estimate of drug-likeness (QED) is 0.715. The molecule has 30 heavy (non-hydrogen) atoms. The van der Waals surface area contributed by atoms with Crippen molar-refractivity contribution in [3.8, 4) is 0 Å². The van der Waals surface area contributed by atoms with E-state index < -0.39 is 21.8 Å². The largest absolute Gasteiger partial charge is 0.317 e. The van der Waals surface area contributed by atoms with Gasteiger partial charge in [0.1, 0.15) is 0 Å². The third kappa shape index (κ3) is 3.66. The molecular formula is C22H25N3O4S. The molecule has 2 aromatic carbocycles. The van der Waals surface area contributed by atoms with Gasteiger partial charge in [-0.05, 0) is 81.6 Å². The number of benzene rings is 2. The lowest BCUT2D eigenvalue weighted by molar-refractivity contribution is 0.0926. The summed E-state index contributed by atoms with van der Waals surface area (Å²) in [6, 6.07) is 11.0. The van der Waals surface area contributed by atoms with E-state index in [1.54, 1.807) is 31.2 Å². The number of amides is 2. The van der Waals surface area contributed by atoms with Crippen molar-refractivity contribution in [3.63, 3.8) is 0 Å². The number of carbonyl (C=O) groups is 2. The molecule has 4 rings (SSSR count). The van der Waals surface area contributed by atoms with E-state index in [2.05, 4.69) is 10.0 Å². The van der Waals surface area contributed by atoms with Crippen LogP contribution in [0.2, 0.25) is 0 Å². The first kappa shape index (κ1) is 20.7. The van der Waals surface area contributed by atoms with Crippen LogP contribution < -0.4 is 14.9 Å². The number of hydrogen-bond acceptors (Lipinski definition) is 5. The van der Waals surface area contributed by atoms with E-state index in [1.807, 2.05) is 6.92 Å². The maximum atomic E-state index is 12.9. The van der Waals surface area contributed by atoms with Gasteiger partial charge < -0.3 is 5.32 Å². The first-order valence-electron chi connectivity index (χ1n) is 10.1. The zero-order valence-corrected chi connectivity index (χ0v) is 17.8. The number of carbonyl (C=O) groups excluding carboxylic acids is 2. The van der Waals surface area contributed by atoms with Gasteiger partial charge in [0.25, 0.3) is 11.8 Å². The van der Waals surface area contributed by atoms with Gasteiger partial charge in [-0.1, -0.05) is 12.1 Å². The predicted molar refractivity (Wildman–Crippen MR) is 114 cm³/mol. The Morgan fingerprint density at radius 2 is 1.63 bits per heavy atom. The summed E-state index contributed by atoms with van der Waals surface area (Å²) in [7, 11) is -3.71. The van der Waals surface area contributed by atoms with Crippen molar-refractivity contribution in [2.45, 2.75) is 37.6 Å². The highest BCUT2D eigenvalue weighted by atomic mass is 32.2. The number of rotatable bonds is 5. The van der Waals surface area contributed by atoms with Crippen LogP contribution in [0, 0.1) is 12.8 Å². The first-order chi connectivity index (χ1) is 14.3. The maximum Gasteiger partial charge on any atom is 0.266 e. The molecule has 1 saturated heterocycles. The molecule has 158 valence electrons. The molecule has 2 amide bonds. The summed E-state index contributed by atoms with van der Waals surface area (Å²) in [5, 5.41) is 3.28. The number of aryl methyl sites for hydroxylation is 1. The Balaban J connectivity index is 1.58. The smallest absolute Gasteiger partial charge is 0.266 e. The van der Waals surface area contributed by atoms with E-state index >= 15 is 0 Å². The molecule has 0 bridgehead atoms. The third-order valence-corrected chi connectivity index (χ3v) is 7.50. The molecule has 0 saturated carbocycles. The van der Waals surface area contributed by atoms with Crippen molar-refractivity contribution in [2.75, 3.05) is 18.0 Å². The van der Waals surface area contributed by atoms with Gasteiger partial charge in [0.15, 0.2) is 0 Å². The van der Waals surface area contributed by atoms with Gasteiger partial charge in [0.05, 0.1) is 21.7 Å². The highest BCUT2D eigenvalue weighted by Crippen LogP contribution is 2.31. The number of imide groups is 1. The van der Waals surface area contributed by atoms with E-state index in [-0.39, 0.29) is 10.9 Å². The van der Waals surface area contributed by atoms with Crippen LogP contribution in [0.25, 0.3) is 0 Å². The van der Waals surface area contributed by atoms with Crippen LogP contribution in [0.15, 0.2) is 47.4 Å². The second-order valence-corrected chi connectivity index (χ2v) is 9.65. The average molecular weight is 428 g/mol. The SMILES string of the molecule is Cc1cc(S(=O)(=O)NC(C)C2CCNCC2)ccc1N1C(=O)c2ccccc2C1=O. The van der Waals surface area contributed by atoms with Crippen LogP contribution in [-0.4, -0.2) is 39.4 Å². The van der Waals surface area contributed by atoms with Gasteiger partial charge in [0.2, 0.25) is 10.0 Å². The van der Waals surface area contributed by atoms with Crippen LogP contribution >= 0.6 is 0 Å². The molecule has 1 atom stereocenters. The molecule has 2 aliphatic heterocycles. The van der Waals surface area contributed by atoms with Crippen molar-refractivity contribution in [3.05, 3.63) is 59.2 Å². The van der Waals surface area contributed by atoms with Crippen LogP contribution in [-0.2, 0) is 10.0 Å². The van der Waals surface area contributed by atoms with E-state index in [1.165, 1.54) is 18.2 Å². The number of nitrogens with zero attached hydrogens (tertiary/aromatic N) is 1. The minimum atomic E-state index is -3.71. The first-order valence-corrected chi connectivity index (χ1v) is 11.6. The molecule has 8 heteroatoms. The Morgan fingerprint density at radius 3 is 2.20 bits per heavy atom. The lowest BCUT2D eigenvalue weighted by atomic mass is 9.92. The predicted octanol–water partition coefficient (Wildman–Crippen LogP) is 2.46. The molecule has 1 unspecified atom stereocenters. The standard InChI is InChI=1S/C22H25N3O4S/c1-14-13-17(30(28,29)24-15(2)16-9-11-23-12-10-16)7-8-20(14)25-21(26)18-5-3-4-6-19(18)22(25)27/h3-8,13,15-16,23-24H,9-12H2,1-2H3. The molecule has 0 aliphatic carbocycles. The minimum absolute atomic E-state index is 0.126. The van der Waals surface area contributed by atoms with Crippen molar-refractivity contribution in [2.24, 2.45) is 5.92 Å². The number of hydrogen-bond donors (Lipinski definition) is 2. The number of anilines is 1. The van der Waals surface area contributed by atoms with Crippen molar-refractivity contribution >= 4 is 27.5 Å². The Kier molecular flexibility index (Phi) is 5.48.